The van der Waals surface area contributed by atoms with E-state index >= 15 is 0 Å². The van der Waals surface area contributed by atoms with Gasteiger partial charge in [0.25, 0.3) is 0 Å². The number of esters is 2. The van der Waals surface area contributed by atoms with E-state index in [4.69, 9.17) is 24.3 Å². The SMILES string of the molecule is CCCC/C=C\CCCCCCCC(=O)OC[C@H](COP(=O)(O)OCCN)OC(=O)CCCCCCCCCCCCCCCCCCCCCCC. The lowest BCUT2D eigenvalue weighted by atomic mass is 10.0. The highest BCUT2D eigenvalue weighted by molar-refractivity contribution is 7.47. The maximum atomic E-state index is 12.6. The predicted molar refractivity (Wildman–Crippen MR) is 220 cm³/mol. The van der Waals surface area contributed by atoms with E-state index < -0.39 is 26.5 Å². The van der Waals surface area contributed by atoms with Crippen LogP contribution in [0.1, 0.15) is 219 Å². The highest BCUT2D eigenvalue weighted by atomic mass is 31.2. The van der Waals surface area contributed by atoms with Crippen molar-refractivity contribution in [2.45, 2.75) is 225 Å². The summed E-state index contributed by atoms with van der Waals surface area (Å²) in [6.45, 7) is 3.71. The number of nitrogens with two attached hydrogens (primary N) is 1. The van der Waals surface area contributed by atoms with Crippen LogP contribution in [0.2, 0.25) is 0 Å². The lowest BCUT2D eigenvalue weighted by Crippen LogP contribution is -2.29. The van der Waals surface area contributed by atoms with E-state index in [1.165, 1.54) is 128 Å². The van der Waals surface area contributed by atoms with Crippen LogP contribution in [-0.2, 0) is 32.7 Å². The van der Waals surface area contributed by atoms with Crippen LogP contribution in [0.4, 0.5) is 0 Å². The molecule has 0 rings (SSSR count). The molecule has 0 amide bonds. The summed E-state index contributed by atoms with van der Waals surface area (Å²) in [5.41, 5.74) is 5.34. The lowest BCUT2D eigenvalue weighted by Gasteiger charge is -2.19. The molecule has 9 nitrogen and oxygen atoms in total. The zero-order valence-corrected chi connectivity index (χ0v) is 35.4. The molecule has 3 N–H and O–H groups in total. The maximum absolute atomic E-state index is 12.6. The molecule has 314 valence electrons. The summed E-state index contributed by atoms with van der Waals surface area (Å²) < 4.78 is 32.7. The molecule has 2 atom stereocenters. The van der Waals surface area contributed by atoms with Gasteiger partial charge in [-0.05, 0) is 32.1 Å². The van der Waals surface area contributed by atoms with Crippen LogP contribution in [0.25, 0.3) is 0 Å². The van der Waals surface area contributed by atoms with Crippen molar-refractivity contribution in [3.8, 4) is 0 Å². The molecule has 0 aromatic carbocycles. The zero-order chi connectivity index (χ0) is 38.9. The van der Waals surface area contributed by atoms with Crippen molar-refractivity contribution in [1.82, 2.24) is 0 Å². The van der Waals surface area contributed by atoms with Gasteiger partial charge in [-0.3, -0.25) is 18.6 Å². The van der Waals surface area contributed by atoms with Crippen LogP contribution in [-0.4, -0.2) is 49.3 Å². The molecule has 0 radical (unpaired) electrons. The van der Waals surface area contributed by atoms with Crippen molar-refractivity contribution in [2.75, 3.05) is 26.4 Å². The second-order valence-corrected chi connectivity index (χ2v) is 16.4. The summed E-state index contributed by atoms with van der Waals surface area (Å²) in [7, 11) is -4.37. The zero-order valence-electron chi connectivity index (χ0n) is 34.5. The summed E-state index contributed by atoms with van der Waals surface area (Å²) in [5, 5.41) is 0. The van der Waals surface area contributed by atoms with E-state index in [1.807, 2.05) is 0 Å². The molecule has 0 aliphatic carbocycles. The number of ether oxygens (including phenoxy) is 2. The Kier molecular flexibility index (Phi) is 39.5. The number of rotatable bonds is 42. The van der Waals surface area contributed by atoms with E-state index in [1.54, 1.807) is 0 Å². The van der Waals surface area contributed by atoms with Gasteiger partial charge in [0.1, 0.15) is 6.61 Å². The van der Waals surface area contributed by atoms with E-state index in [0.29, 0.717) is 6.42 Å². The predicted octanol–water partition coefficient (Wildman–Crippen LogP) is 12.6. The fourth-order valence-corrected chi connectivity index (χ4v) is 7.09. The molecule has 0 spiro atoms. The first kappa shape index (κ1) is 51.8. The Bertz CT molecular complexity index is 886. The van der Waals surface area contributed by atoms with Gasteiger partial charge in [0.15, 0.2) is 6.10 Å². The highest BCUT2D eigenvalue weighted by Gasteiger charge is 2.26. The molecule has 10 heteroatoms. The Morgan fingerprint density at radius 1 is 0.547 bits per heavy atom. The molecule has 0 fully saturated rings. The van der Waals surface area contributed by atoms with Crippen molar-refractivity contribution < 1.29 is 37.6 Å². The van der Waals surface area contributed by atoms with E-state index in [0.717, 1.165) is 57.8 Å². The Balaban J connectivity index is 4.03. The van der Waals surface area contributed by atoms with Crippen molar-refractivity contribution in [3.05, 3.63) is 12.2 Å². The van der Waals surface area contributed by atoms with Crippen LogP contribution in [0.15, 0.2) is 12.2 Å². The van der Waals surface area contributed by atoms with Gasteiger partial charge in [0.2, 0.25) is 0 Å². The summed E-state index contributed by atoms with van der Waals surface area (Å²) in [6, 6.07) is 0. The fourth-order valence-electron chi connectivity index (χ4n) is 6.32. The molecule has 53 heavy (non-hydrogen) atoms. The largest absolute Gasteiger partial charge is 0.472 e. The molecule has 0 bridgehead atoms. The van der Waals surface area contributed by atoms with E-state index in [2.05, 4.69) is 26.0 Å². The van der Waals surface area contributed by atoms with E-state index in [-0.39, 0.29) is 38.6 Å². The van der Waals surface area contributed by atoms with Crippen molar-refractivity contribution in [3.63, 3.8) is 0 Å². The quantitative estimate of drug-likeness (QED) is 0.0269. The van der Waals surface area contributed by atoms with Crippen molar-refractivity contribution >= 4 is 19.8 Å². The van der Waals surface area contributed by atoms with Gasteiger partial charge in [0.05, 0.1) is 13.2 Å². The molecule has 0 saturated heterocycles. The monoisotopic (exact) mass is 774 g/mol. The number of unbranched alkanes of at least 4 members (excludes halogenated alkanes) is 27. The summed E-state index contributed by atoms with van der Waals surface area (Å²) >= 11 is 0. The first-order valence-electron chi connectivity index (χ1n) is 22.2. The minimum Gasteiger partial charge on any atom is -0.462 e. The van der Waals surface area contributed by atoms with Gasteiger partial charge in [-0.1, -0.05) is 187 Å². The van der Waals surface area contributed by atoms with Gasteiger partial charge in [-0.15, -0.1) is 0 Å². The molecular weight excluding hydrogens is 689 g/mol. The highest BCUT2D eigenvalue weighted by Crippen LogP contribution is 2.43. The number of carbonyl (C=O) groups is 2. The van der Waals surface area contributed by atoms with Crippen LogP contribution < -0.4 is 5.73 Å². The second kappa shape index (κ2) is 40.4. The standard InChI is InChI=1S/C43H84NO8P/c1-3-5-7-9-11-13-15-16-17-18-19-20-21-22-23-24-26-28-30-32-34-36-43(46)52-41(40-51-53(47,48)50-38-37-44)39-49-42(45)35-33-31-29-27-25-14-12-10-8-6-4-2/h10,12,41H,3-9,11,13-40,44H2,1-2H3,(H,47,48)/b12-10-/t41-/m1/s1. The Morgan fingerprint density at radius 2 is 0.943 bits per heavy atom. The van der Waals surface area contributed by atoms with Crippen LogP contribution in [0, 0.1) is 0 Å². The summed E-state index contributed by atoms with van der Waals surface area (Å²) in [5.74, 6) is -0.830. The van der Waals surface area contributed by atoms with Gasteiger partial charge >= 0.3 is 19.8 Å². The molecule has 0 heterocycles. The van der Waals surface area contributed by atoms with Gasteiger partial charge in [0, 0.05) is 19.4 Å². The molecule has 0 aliphatic rings. The number of phosphoric ester groups is 1. The molecule has 1 unspecified atom stereocenters. The number of hydrogen-bond acceptors (Lipinski definition) is 8. The van der Waals surface area contributed by atoms with E-state index in [9.17, 15) is 19.0 Å². The number of allylic oxidation sites excluding steroid dienone is 2. The third-order valence-electron chi connectivity index (χ3n) is 9.65. The molecule has 0 saturated carbocycles. The Hall–Kier alpha value is -1.25. The third kappa shape index (κ3) is 40.2. The van der Waals surface area contributed by atoms with Crippen molar-refractivity contribution in [1.29, 1.82) is 0 Å². The number of carbonyl (C=O) groups excluding carboxylic acids is 2. The first-order valence-corrected chi connectivity index (χ1v) is 23.7. The molecular formula is C43H84NO8P. The first-order chi connectivity index (χ1) is 25.8. The number of phosphoric acid groups is 1. The molecule has 0 aromatic rings. The minimum atomic E-state index is -4.37. The summed E-state index contributed by atoms with van der Waals surface area (Å²) in [4.78, 5) is 34.8. The molecule has 0 aromatic heterocycles. The topological polar surface area (TPSA) is 134 Å². The average molecular weight is 774 g/mol. The normalized spacial score (nSPS) is 13.4. The molecule has 0 aliphatic heterocycles. The summed E-state index contributed by atoms with van der Waals surface area (Å²) in [6.07, 6.45) is 41.1. The van der Waals surface area contributed by atoms with Gasteiger partial charge < -0.3 is 20.1 Å². The van der Waals surface area contributed by atoms with Gasteiger partial charge in [-0.25, -0.2) is 4.57 Å². The Labute approximate surface area is 326 Å². The lowest BCUT2D eigenvalue weighted by molar-refractivity contribution is -0.161. The fraction of sp³-hybridized carbons (Fsp3) is 0.907. The minimum absolute atomic E-state index is 0.0551. The van der Waals surface area contributed by atoms with Crippen LogP contribution in [0.5, 0.6) is 0 Å². The third-order valence-corrected chi connectivity index (χ3v) is 10.6. The van der Waals surface area contributed by atoms with Gasteiger partial charge in [-0.2, -0.15) is 0 Å². The smallest absolute Gasteiger partial charge is 0.462 e. The van der Waals surface area contributed by atoms with Crippen LogP contribution in [0.3, 0.4) is 0 Å². The average Bonchev–Trinajstić information content (AvgIpc) is 3.14. The maximum Gasteiger partial charge on any atom is 0.472 e. The second-order valence-electron chi connectivity index (χ2n) is 14.9. The Morgan fingerprint density at radius 3 is 1.40 bits per heavy atom. The van der Waals surface area contributed by atoms with Crippen LogP contribution >= 0.6 is 7.82 Å². The number of hydrogen-bond donors (Lipinski definition) is 2. The van der Waals surface area contributed by atoms with Crippen molar-refractivity contribution in [2.24, 2.45) is 5.73 Å².